The number of non-ortho nitro benzene ring substituents is 1. The van der Waals surface area contributed by atoms with Gasteiger partial charge in [0.1, 0.15) is 0 Å². The topological polar surface area (TPSA) is 80.5 Å². The lowest BCUT2D eigenvalue weighted by molar-refractivity contribution is -0.385. The van der Waals surface area contributed by atoms with Gasteiger partial charge < -0.3 is 0 Å². The summed E-state index contributed by atoms with van der Waals surface area (Å²) in [6.45, 7) is 3.58. The summed E-state index contributed by atoms with van der Waals surface area (Å²) in [4.78, 5) is 10.3. The molecule has 0 saturated carbocycles. The van der Waals surface area contributed by atoms with Crippen LogP contribution in [0.25, 0.3) is 0 Å². The number of nitro benzene ring substituents is 1. The van der Waals surface area contributed by atoms with Gasteiger partial charge in [-0.05, 0) is 66.3 Å². The number of sulfonamides is 1. The molecule has 0 aliphatic carbocycles. The average molecular weight is 446 g/mol. The van der Waals surface area contributed by atoms with Crippen molar-refractivity contribution in [3.63, 3.8) is 0 Å². The van der Waals surface area contributed by atoms with Crippen LogP contribution in [0.3, 0.4) is 0 Å². The lowest BCUT2D eigenvalue weighted by atomic mass is 10.2. The zero-order chi connectivity index (χ0) is 17.2. The van der Waals surface area contributed by atoms with Gasteiger partial charge >= 0.3 is 0 Å². The fourth-order valence-corrected chi connectivity index (χ4v) is 4.28. The van der Waals surface area contributed by atoms with Crippen LogP contribution in [0, 0.1) is 20.6 Å². The van der Waals surface area contributed by atoms with E-state index in [0.717, 1.165) is 9.64 Å². The van der Waals surface area contributed by atoms with Crippen LogP contribution in [0.15, 0.2) is 47.4 Å². The Hall–Kier alpha value is -1.68. The summed E-state index contributed by atoms with van der Waals surface area (Å²) in [6.07, 6.45) is 0. The van der Waals surface area contributed by atoms with Crippen LogP contribution in [-0.4, -0.2) is 19.9 Å². The number of hydrogen-bond donors (Lipinski definition) is 0. The van der Waals surface area contributed by atoms with Crippen molar-refractivity contribution < 1.29 is 13.3 Å². The van der Waals surface area contributed by atoms with E-state index in [1.54, 1.807) is 26.0 Å². The predicted molar refractivity (Wildman–Crippen MR) is 97.2 cm³/mol. The molecule has 0 unspecified atom stereocenters. The molecule has 0 aliphatic rings. The molecule has 2 aromatic carbocycles. The molecule has 0 amide bonds. The molecular formula is C15H15IN2O4S. The maximum absolute atomic E-state index is 12.9. The summed E-state index contributed by atoms with van der Waals surface area (Å²) in [5, 5.41) is 10.9. The van der Waals surface area contributed by atoms with Gasteiger partial charge in [0, 0.05) is 22.2 Å². The number of anilines is 1. The number of hydrogen-bond acceptors (Lipinski definition) is 4. The van der Waals surface area contributed by atoms with Crippen LogP contribution < -0.4 is 4.31 Å². The normalized spacial score (nSPS) is 11.3. The first-order valence-corrected chi connectivity index (χ1v) is 9.32. The van der Waals surface area contributed by atoms with Gasteiger partial charge in [-0.3, -0.25) is 14.4 Å². The highest BCUT2D eigenvalue weighted by Gasteiger charge is 2.27. The molecule has 122 valence electrons. The maximum atomic E-state index is 12.9. The van der Waals surface area contributed by atoms with E-state index in [9.17, 15) is 18.5 Å². The van der Waals surface area contributed by atoms with Crippen LogP contribution in [0.1, 0.15) is 12.5 Å². The van der Waals surface area contributed by atoms with Gasteiger partial charge in [-0.25, -0.2) is 8.42 Å². The Morgan fingerprint density at radius 2 is 1.78 bits per heavy atom. The van der Waals surface area contributed by atoms with Crippen LogP contribution in [0.5, 0.6) is 0 Å². The van der Waals surface area contributed by atoms with Crippen molar-refractivity contribution in [2.24, 2.45) is 0 Å². The monoisotopic (exact) mass is 446 g/mol. The van der Waals surface area contributed by atoms with Gasteiger partial charge in [0.05, 0.1) is 15.5 Å². The van der Waals surface area contributed by atoms with Crippen molar-refractivity contribution in [3.05, 3.63) is 61.7 Å². The molecule has 8 heteroatoms. The molecule has 0 saturated heterocycles. The van der Waals surface area contributed by atoms with Gasteiger partial charge in [0.15, 0.2) is 0 Å². The quantitative estimate of drug-likeness (QED) is 0.398. The summed E-state index contributed by atoms with van der Waals surface area (Å²) in [7, 11) is -3.88. The third-order valence-electron chi connectivity index (χ3n) is 3.35. The zero-order valence-corrected chi connectivity index (χ0v) is 15.5. The van der Waals surface area contributed by atoms with Crippen LogP contribution in [0.2, 0.25) is 0 Å². The summed E-state index contributed by atoms with van der Waals surface area (Å²) in [6, 6.07) is 10.9. The van der Waals surface area contributed by atoms with Gasteiger partial charge in [-0.15, -0.1) is 0 Å². The van der Waals surface area contributed by atoms with Crippen LogP contribution >= 0.6 is 22.6 Å². The third-order valence-corrected chi connectivity index (χ3v) is 6.12. The highest BCUT2D eigenvalue weighted by Crippen LogP contribution is 2.28. The Balaban J connectivity index is 2.57. The summed E-state index contributed by atoms with van der Waals surface area (Å²) >= 11 is 2.14. The molecule has 0 atom stereocenters. The Morgan fingerprint density at radius 3 is 2.30 bits per heavy atom. The second kappa shape index (κ2) is 6.83. The van der Waals surface area contributed by atoms with Gasteiger partial charge in [-0.1, -0.05) is 6.07 Å². The van der Waals surface area contributed by atoms with E-state index in [0.29, 0.717) is 11.3 Å². The minimum absolute atomic E-state index is 0.0490. The molecule has 2 aromatic rings. The Kier molecular flexibility index (Phi) is 5.25. The van der Waals surface area contributed by atoms with Gasteiger partial charge in [0.2, 0.25) is 0 Å². The highest BCUT2D eigenvalue weighted by molar-refractivity contribution is 14.1. The van der Waals surface area contributed by atoms with E-state index in [4.69, 9.17) is 0 Å². The molecule has 0 radical (unpaired) electrons. The number of nitro groups is 1. The molecule has 0 bridgehead atoms. The zero-order valence-electron chi connectivity index (χ0n) is 12.6. The van der Waals surface area contributed by atoms with E-state index in [1.807, 2.05) is 12.1 Å². The second-order valence-electron chi connectivity index (χ2n) is 4.85. The molecule has 0 spiro atoms. The molecule has 0 aromatic heterocycles. The van der Waals surface area contributed by atoms with E-state index in [2.05, 4.69) is 22.6 Å². The molecule has 2 rings (SSSR count). The second-order valence-corrected chi connectivity index (χ2v) is 7.93. The largest absolute Gasteiger partial charge is 0.270 e. The smallest absolute Gasteiger partial charge is 0.267 e. The molecular weight excluding hydrogens is 431 g/mol. The van der Waals surface area contributed by atoms with Crippen LogP contribution in [-0.2, 0) is 10.0 Å². The molecule has 0 fully saturated rings. The van der Waals surface area contributed by atoms with Crippen molar-refractivity contribution in [1.29, 1.82) is 0 Å². The predicted octanol–water partition coefficient (Wildman–Crippen LogP) is 3.72. The summed E-state index contributed by atoms with van der Waals surface area (Å²) in [5.74, 6) is 0. The van der Waals surface area contributed by atoms with Crippen molar-refractivity contribution in [3.8, 4) is 0 Å². The highest BCUT2D eigenvalue weighted by atomic mass is 127. The van der Waals surface area contributed by atoms with E-state index in [-0.39, 0.29) is 17.1 Å². The lowest BCUT2D eigenvalue weighted by Crippen LogP contribution is -2.31. The minimum Gasteiger partial charge on any atom is -0.267 e. The maximum Gasteiger partial charge on any atom is 0.270 e. The number of halogens is 1. The lowest BCUT2D eigenvalue weighted by Gasteiger charge is -2.23. The van der Waals surface area contributed by atoms with Crippen LogP contribution in [0.4, 0.5) is 11.4 Å². The molecule has 0 heterocycles. The average Bonchev–Trinajstić information content (AvgIpc) is 2.49. The van der Waals surface area contributed by atoms with E-state index in [1.165, 1.54) is 16.4 Å². The molecule has 0 N–H and O–H groups in total. The summed E-state index contributed by atoms with van der Waals surface area (Å²) < 4.78 is 28.1. The Labute approximate surface area is 148 Å². The van der Waals surface area contributed by atoms with E-state index >= 15 is 0 Å². The third kappa shape index (κ3) is 3.63. The van der Waals surface area contributed by atoms with Gasteiger partial charge in [0.25, 0.3) is 15.7 Å². The molecule has 23 heavy (non-hydrogen) atoms. The SMILES string of the molecule is CCN(c1ccc(I)cc1)S(=O)(=O)c1cc([N+](=O)[O-])ccc1C. The minimum atomic E-state index is -3.88. The van der Waals surface area contributed by atoms with Crippen molar-refractivity contribution >= 4 is 44.0 Å². The molecule has 6 nitrogen and oxygen atoms in total. The standard InChI is InChI=1S/C15H15IN2O4S/c1-3-17(13-8-5-12(16)6-9-13)23(21,22)15-10-14(18(19)20)7-4-11(15)2/h4-10H,3H2,1-2H3. The fourth-order valence-electron chi connectivity index (χ4n) is 2.20. The number of rotatable bonds is 5. The van der Waals surface area contributed by atoms with E-state index < -0.39 is 14.9 Å². The fraction of sp³-hybridized carbons (Fsp3) is 0.200. The number of aryl methyl sites for hydroxylation is 1. The Morgan fingerprint density at radius 1 is 1.17 bits per heavy atom. The van der Waals surface area contributed by atoms with Crippen molar-refractivity contribution in [2.75, 3.05) is 10.8 Å². The van der Waals surface area contributed by atoms with Gasteiger partial charge in [-0.2, -0.15) is 0 Å². The first kappa shape index (κ1) is 17.7. The molecule has 0 aliphatic heterocycles. The first-order valence-electron chi connectivity index (χ1n) is 6.80. The number of nitrogens with zero attached hydrogens (tertiary/aromatic N) is 2. The number of benzene rings is 2. The summed E-state index contributed by atoms with van der Waals surface area (Å²) in [5.41, 5.74) is 0.756. The van der Waals surface area contributed by atoms with Crippen molar-refractivity contribution in [2.45, 2.75) is 18.7 Å². The first-order chi connectivity index (χ1) is 10.8. The van der Waals surface area contributed by atoms with Crippen molar-refractivity contribution in [1.82, 2.24) is 0 Å². The Bertz CT molecular complexity index is 835.